The molecule has 6 nitrogen and oxygen atoms in total. The highest BCUT2D eigenvalue weighted by molar-refractivity contribution is 9.10. The Balaban J connectivity index is 1.85. The van der Waals surface area contributed by atoms with Gasteiger partial charge in [0, 0.05) is 11.4 Å². The highest BCUT2D eigenvalue weighted by Gasteiger charge is 2.13. The van der Waals surface area contributed by atoms with E-state index in [1.54, 1.807) is 13.2 Å². The summed E-state index contributed by atoms with van der Waals surface area (Å²) in [6, 6.07) is 9.61. The largest absolute Gasteiger partial charge is 0.507 e. The molecule has 8 heteroatoms. The first kappa shape index (κ1) is 19.1. The van der Waals surface area contributed by atoms with Gasteiger partial charge in [0.05, 0.1) is 17.1 Å². The molecule has 132 valence electrons. The van der Waals surface area contributed by atoms with Crippen LogP contribution in [0.4, 0.5) is 0 Å². The molecule has 3 N–H and O–H groups in total. The first-order valence-electron chi connectivity index (χ1n) is 7.31. The van der Waals surface area contributed by atoms with E-state index < -0.39 is 5.91 Å². The zero-order valence-electron chi connectivity index (χ0n) is 13.3. The van der Waals surface area contributed by atoms with E-state index in [1.165, 1.54) is 18.2 Å². The summed E-state index contributed by atoms with van der Waals surface area (Å²) < 4.78 is 5.95. The first-order valence-corrected chi connectivity index (χ1v) is 8.48. The van der Waals surface area contributed by atoms with Gasteiger partial charge >= 0.3 is 0 Å². The van der Waals surface area contributed by atoms with E-state index in [0.29, 0.717) is 17.2 Å². The van der Waals surface area contributed by atoms with Crippen LogP contribution in [0.3, 0.4) is 0 Å². The summed E-state index contributed by atoms with van der Waals surface area (Å²) in [5.41, 5.74) is 5.48. The Bertz CT molecular complexity index is 798. The Morgan fingerprint density at radius 3 is 2.64 bits per heavy atom. The van der Waals surface area contributed by atoms with Crippen molar-refractivity contribution >= 4 is 39.3 Å². The highest BCUT2D eigenvalue weighted by atomic mass is 79.9. The van der Waals surface area contributed by atoms with Gasteiger partial charge in [0.25, 0.3) is 5.91 Å². The van der Waals surface area contributed by atoms with E-state index in [2.05, 4.69) is 26.8 Å². The fourth-order valence-electron chi connectivity index (χ4n) is 2.07. The van der Waals surface area contributed by atoms with Crippen molar-refractivity contribution in [1.29, 1.82) is 0 Å². The zero-order valence-corrected chi connectivity index (χ0v) is 15.6. The summed E-state index contributed by atoms with van der Waals surface area (Å²) in [4.78, 5) is 23.8. The van der Waals surface area contributed by atoms with Gasteiger partial charge < -0.3 is 9.84 Å². The molecule has 0 aliphatic heterocycles. The maximum atomic E-state index is 11.9. The van der Waals surface area contributed by atoms with E-state index in [9.17, 15) is 14.7 Å². The van der Waals surface area contributed by atoms with Crippen LogP contribution in [0.5, 0.6) is 11.5 Å². The van der Waals surface area contributed by atoms with E-state index >= 15 is 0 Å². The van der Waals surface area contributed by atoms with Crippen LogP contribution in [0.15, 0.2) is 40.9 Å². The average Bonchev–Trinajstić information content (AvgIpc) is 2.60. The number of hydrogen-bond acceptors (Lipinski definition) is 4. The lowest BCUT2D eigenvalue weighted by atomic mass is 10.1. The molecule has 0 radical (unpaired) electrons. The van der Waals surface area contributed by atoms with Gasteiger partial charge in [-0.25, -0.2) is 0 Å². The van der Waals surface area contributed by atoms with E-state index in [0.717, 1.165) is 10.0 Å². The van der Waals surface area contributed by atoms with Gasteiger partial charge in [-0.2, -0.15) is 0 Å². The molecule has 0 aromatic heterocycles. The van der Waals surface area contributed by atoms with Gasteiger partial charge in [0.15, 0.2) is 0 Å². The number of phenolic OH excluding ortho intramolecular Hbond substituents is 1. The zero-order chi connectivity index (χ0) is 18.4. The minimum Gasteiger partial charge on any atom is -0.507 e. The van der Waals surface area contributed by atoms with Crippen LogP contribution in [0.1, 0.15) is 22.3 Å². The number of halogens is 2. The van der Waals surface area contributed by atoms with Crippen molar-refractivity contribution in [3.8, 4) is 11.5 Å². The van der Waals surface area contributed by atoms with Crippen LogP contribution in [-0.4, -0.2) is 24.0 Å². The van der Waals surface area contributed by atoms with Gasteiger partial charge in [0.2, 0.25) is 5.91 Å². The SMILES string of the molecule is COc1ccc(CCC(=O)NNC(=O)c2cc(Cl)ccc2O)cc1Br. The standard InChI is InChI=1S/C17H16BrClN2O4/c1-25-15-6-2-10(8-13(15)18)3-7-16(23)20-21-17(24)12-9-11(19)4-5-14(12)22/h2,4-6,8-9,22H,3,7H2,1H3,(H,20,23)(H,21,24). The van der Waals surface area contributed by atoms with Crippen molar-refractivity contribution in [2.45, 2.75) is 12.8 Å². The van der Waals surface area contributed by atoms with Gasteiger partial charge in [0.1, 0.15) is 11.5 Å². The fourth-order valence-corrected chi connectivity index (χ4v) is 2.83. The van der Waals surface area contributed by atoms with Crippen molar-refractivity contribution in [3.63, 3.8) is 0 Å². The molecule has 0 atom stereocenters. The topological polar surface area (TPSA) is 87.7 Å². The lowest BCUT2D eigenvalue weighted by molar-refractivity contribution is -0.121. The molecule has 0 saturated heterocycles. The van der Waals surface area contributed by atoms with Crippen molar-refractivity contribution < 1.29 is 19.4 Å². The molecule has 0 fully saturated rings. The number of phenols is 1. The summed E-state index contributed by atoms with van der Waals surface area (Å²) in [6.45, 7) is 0. The van der Waals surface area contributed by atoms with Crippen LogP contribution in [0.2, 0.25) is 5.02 Å². The monoisotopic (exact) mass is 426 g/mol. The third-order valence-electron chi connectivity index (χ3n) is 3.38. The van der Waals surface area contributed by atoms with Crippen molar-refractivity contribution in [2.75, 3.05) is 7.11 Å². The third-order valence-corrected chi connectivity index (χ3v) is 4.23. The smallest absolute Gasteiger partial charge is 0.273 e. The number of carbonyl (C=O) groups excluding carboxylic acids is 2. The van der Waals surface area contributed by atoms with Crippen LogP contribution >= 0.6 is 27.5 Å². The Morgan fingerprint density at radius 2 is 1.96 bits per heavy atom. The highest BCUT2D eigenvalue weighted by Crippen LogP contribution is 2.26. The van der Waals surface area contributed by atoms with Crippen LogP contribution in [-0.2, 0) is 11.2 Å². The number of ether oxygens (including phenoxy) is 1. The maximum Gasteiger partial charge on any atom is 0.273 e. The molecule has 2 aromatic rings. The molecule has 0 saturated carbocycles. The Labute approximate surface area is 158 Å². The number of amides is 2. The second-order valence-corrected chi connectivity index (χ2v) is 6.42. The molecule has 2 aromatic carbocycles. The number of aromatic hydroxyl groups is 1. The quantitative estimate of drug-likeness (QED) is 0.640. The molecular formula is C17H16BrClN2O4. The lowest BCUT2D eigenvalue weighted by Crippen LogP contribution is -2.41. The number of aryl methyl sites for hydroxylation is 1. The van der Waals surface area contributed by atoms with Crippen LogP contribution in [0, 0.1) is 0 Å². The number of benzene rings is 2. The van der Waals surface area contributed by atoms with Crippen molar-refractivity contribution in [3.05, 3.63) is 57.0 Å². The van der Waals surface area contributed by atoms with E-state index in [1.807, 2.05) is 12.1 Å². The molecule has 2 rings (SSSR count). The first-order chi connectivity index (χ1) is 11.9. The second-order valence-electron chi connectivity index (χ2n) is 5.13. The lowest BCUT2D eigenvalue weighted by Gasteiger charge is -2.09. The molecule has 0 spiro atoms. The van der Waals surface area contributed by atoms with Crippen molar-refractivity contribution in [1.82, 2.24) is 10.9 Å². The predicted octanol–water partition coefficient (Wildman–Crippen LogP) is 3.21. The summed E-state index contributed by atoms with van der Waals surface area (Å²) in [7, 11) is 1.58. The number of hydrogen-bond donors (Lipinski definition) is 3. The predicted molar refractivity (Wildman–Crippen MR) is 97.7 cm³/mol. The number of nitrogens with one attached hydrogen (secondary N) is 2. The maximum absolute atomic E-state index is 11.9. The number of carbonyl (C=O) groups is 2. The molecular weight excluding hydrogens is 412 g/mol. The van der Waals surface area contributed by atoms with Gasteiger partial charge in [-0.15, -0.1) is 0 Å². The number of rotatable bonds is 5. The second kappa shape index (κ2) is 8.73. The molecule has 0 bridgehead atoms. The molecule has 0 heterocycles. The summed E-state index contributed by atoms with van der Waals surface area (Å²) >= 11 is 9.17. The molecule has 0 aliphatic rings. The fraction of sp³-hybridized carbons (Fsp3) is 0.176. The summed E-state index contributed by atoms with van der Waals surface area (Å²) in [5, 5.41) is 9.95. The normalized spacial score (nSPS) is 10.2. The van der Waals surface area contributed by atoms with Gasteiger partial charge in [-0.1, -0.05) is 17.7 Å². The molecule has 0 aliphatic carbocycles. The number of hydrazine groups is 1. The third kappa shape index (κ3) is 5.37. The van der Waals surface area contributed by atoms with E-state index in [4.69, 9.17) is 16.3 Å². The summed E-state index contributed by atoms with van der Waals surface area (Å²) in [6.07, 6.45) is 0.674. The Morgan fingerprint density at radius 1 is 1.20 bits per heavy atom. The molecule has 2 amide bonds. The van der Waals surface area contributed by atoms with Crippen molar-refractivity contribution in [2.24, 2.45) is 0 Å². The number of methoxy groups -OCH3 is 1. The molecule has 0 unspecified atom stereocenters. The van der Waals surface area contributed by atoms with Crippen LogP contribution < -0.4 is 15.6 Å². The minimum atomic E-state index is -0.652. The van der Waals surface area contributed by atoms with Crippen LogP contribution in [0.25, 0.3) is 0 Å². The summed E-state index contributed by atoms with van der Waals surface area (Å²) in [5.74, 6) is -0.525. The Kier molecular flexibility index (Phi) is 6.66. The molecule has 25 heavy (non-hydrogen) atoms. The van der Waals surface area contributed by atoms with E-state index in [-0.39, 0.29) is 23.6 Å². The Hall–Kier alpha value is -2.25. The minimum absolute atomic E-state index is 0.0214. The average molecular weight is 428 g/mol. The van der Waals surface area contributed by atoms with Gasteiger partial charge in [-0.05, 0) is 58.2 Å². The van der Waals surface area contributed by atoms with Gasteiger partial charge in [-0.3, -0.25) is 20.4 Å².